The highest BCUT2D eigenvalue weighted by molar-refractivity contribution is 5.68. The zero-order chi connectivity index (χ0) is 20.7. The molecule has 3 aromatic heterocycles. The first-order valence-corrected chi connectivity index (χ1v) is 9.71. The van der Waals surface area contributed by atoms with E-state index in [1.54, 1.807) is 30.1 Å². The molecule has 1 aromatic carbocycles. The zero-order valence-corrected chi connectivity index (χ0v) is 16.3. The largest absolute Gasteiger partial charge is 0.371 e. The van der Waals surface area contributed by atoms with E-state index in [0.717, 1.165) is 30.6 Å². The minimum Gasteiger partial charge on any atom is -0.371 e. The van der Waals surface area contributed by atoms with Crippen molar-refractivity contribution in [1.29, 1.82) is 0 Å². The predicted molar refractivity (Wildman–Crippen MR) is 106 cm³/mol. The molecule has 154 valence electrons. The van der Waals surface area contributed by atoms with Crippen molar-refractivity contribution in [2.75, 3.05) is 18.0 Å². The first-order chi connectivity index (χ1) is 14.6. The van der Waals surface area contributed by atoms with Gasteiger partial charge in [0, 0.05) is 25.8 Å². The van der Waals surface area contributed by atoms with Crippen molar-refractivity contribution in [1.82, 2.24) is 29.2 Å². The van der Waals surface area contributed by atoms with Crippen LogP contribution in [-0.2, 0) is 13.6 Å². The molecule has 0 N–H and O–H groups in total. The second-order valence-corrected chi connectivity index (χ2v) is 7.68. The highest BCUT2D eigenvalue weighted by Gasteiger charge is 2.45. The monoisotopic (exact) mass is 409 g/mol. The molecule has 0 unspecified atom stereocenters. The molecule has 4 heterocycles. The summed E-state index contributed by atoms with van der Waals surface area (Å²) < 4.78 is 20.8. The number of nitrogens with zero attached hydrogens (tertiary/aromatic N) is 7. The Hall–Kier alpha value is -3.56. The summed E-state index contributed by atoms with van der Waals surface area (Å²) in [6.45, 7) is 2.47. The molecule has 1 saturated heterocycles. The van der Waals surface area contributed by atoms with Gasteiger partial charge in [0.2, 0.25) is 5.89 Å². The quantitative estimate of drug-likeness (QED) is 0.510. The lowest BCUT2D eigenvalue weighted by molar-refractivity contribution is 0.368. The van der Waals surface area contributed by atoms with Crippen molar-refractivity contribution in [3.63, 3.8) is 0 Å². The Bertz CT molecular complexity index is 1220. The van der Waals surface area contributed by atoms with E-state index in [2.05, 4.69) is 25.0 Å². The van der Waals surface area contributed by atoms with Crippen molar-refractivity contribution in [3.05, 3.63) is 65.3 Å². The number of rotatable bonds is 3. The van der Waals surface area contributed by atoms with Crippen molar-refractivity contribution >= 4 is 16.9 Å². The molecule has 1 aliphatic carbocycles. The summed E-state index contributed by atoms with van der Waals surface area (Å²) >= 11 is 0. The Morgan fingerprint density at radius 1 is 1.17 bits per heavy atom. The number of aryl methyl sites for hydroxylation is 1. The number of halogens is 1. The third kappa shape index (κ3) is 3.56. The highest BCUT2D eigenvalue weighted by atomic mass is 19.1. The fourth-order valence-electron chi connectivity index (χ4n) is 3.88. The molecule has 30 heavy (non-hydrogen) atoms. The maximum Gasteiger partial charge on any atom is 0.280 e. The Kier molecular flexibility index (Phi) is 4.53. The molecule has 2 atom stereocenters. The number of aromatic nitrogens is 6. The van der Waals surface area contributed by atoms with Crippen LogP contribution in [0.3, 0.4) is 0 Å². The molecule has 4 aromatic rings. The van der Waals surface area contributed by atoms with Crippen LogP contribution >= 0.6 is 0 Å². The van der Waals surface area contributed by atoms with Gasteiger partial charge in [-0.3, -0.25) is 9.36 Å². The minimum atomic E-state index is -0.187. The van der Waals surface area contributed by atoms with Gasteiger partial charge < -0.3 is 14.0 Å². The lowest BCUT2D eigenvalue weighted by atomic mass is 10.3. The van der Waals surface area contributed by atoms with Gasteiger partial charge in [-0.05, 0) is 36.5 Å². The standard InChI is InChI=1S/C11H12FN.C9H8N6O2/c12-10-2-1-3-11(5-10)13-6-8-4-9(8)7-13;1-14-4-11-8-7(14)9(16)15(5-12-8)2-6-10-3-13-17-6/h1-3,5,8-9H,4,6-7H2;3-5H,2H2,1H3/t8-,9+;. The molecule has 1 saturated carbocycles. The van der Waals surface area contributed by atoms with Crippen LogP contribution in [0.15, 0.2) is 52.6 Å². The number of anilines is 1. The van der Waals surface area contributed by atoms with E-state index in [0.29, 0.717) is 17.1 Å². The molecule has 10 heteroatoms. The molecule has 1 aliphatic heterocycles. The van der Waals surface area contributed by atoms with E-state index in [-0.39, 0.29) is 17.9 Å². The molecule has 2 fully saturated rings. The second-order valence-electron chi connectivity index (χ2n) is 7.68. The Morgan fingerprint density at radius 3 is 2.70 bits per heavy atom. The smallest absolute Gasteiger partial charge is 0.280 e. The second kappa shape index (κ2) is 7.36. The van der Waals surface area contributed by atoms with E-state index >= 15 is 0 Å². The molecular weight excluding hydrogens is 389 g/mol. The van der Waals surface area contributed by atoms with E-state index < -0.39 is 0 Å². The number of hydrogen-bond donors (Lipinski definition) is 0. The van der Waals surface area contributed by atoms with E-state index in [4.69, 9.17) is 4.52 Å². The van der Waals surface area contributed by atoms with Crippen LogP contribution in [0.5, 0.6) is 0 Å². The number of hydrogen-bond acceptors (Lipinski definition) is 7. The first-order valence-electron chi connectivity index (χ1n) is 9.71. The highest BCUT2D eigenvalue weighted by Crippen LogP contribution is 2.46. The topological polar surface area (TPSA) is 94.9 Å². The van der Waals surface area contributed by atoms with Crippen molar-refractivity contribution in [2.45, 2.75) is 13.0 Å². The zero-order valence-electron chi connectivity index (χ0n) is 16.3. The molecule has 0 bridgehead atoms. The Balaban J connectivity index is 0.000000133. The minimum absolute atomic E-state index is 0.127. The van der Waals surface area contributed by atoms with E-state index in [9.17, 15) is 9.18 Å². The van der Waals surface area contributed by atoms with Crippen molar-refractivity contribution in [3.8, 4) is 0 Å². The van der Waals surface area contributed by atoms with Gasteiger partial charge >= 0.3 is 0 Å². The van der Waals surface area contributed by atoms with Crippen LogP contribution in [-0.4, -0.2) is 42.3 Å². The molecule has 2 aliphatic rings. The summed E-state index contributed by atoms with van der Waals surface area (Å²) in [4.78, 5) is 26.3. The third-order valence-electron chi connectivity index (χ3n) is 5.57. The van der Waals surface area contributed by atoms with Crippen LogP contribution in [0.4, 0.5) is 10.1 Å². The lowest BCUT2D eigenvalue weighted by Crippen LogP contribution is -2.22. The van der Waals surface area contributed by atoms with E-state index in [1.165, 1.54) is 29.7 Å². The van der Waals surface area contributed by atoms with Gasteiger partial charge in [0.1, 0.15) is 18.7 Å². The molecule has 0 radical (unpaired) electrons. The molecule has 0 amide bonds. The molecule has 9 nitrogen and oxygen atoms in total. The van der Waals surface area contributed by atoms with Gasteiger partial charge in [-0.15, -0.1) is 0 Å². The van der Waals surface area contributed by atoms with Gasteiger partial charge in [-0.1, -0.05) is 11.2 Å². The molecule has 6 rings (SSSR count). The third-order valence-corrected chi connectivity index (χ3v) is 5.57. The maximum absolute atomic E-state index is 12.9. The first kappa shape index (κ1) is 18.5. The van der Waals surface area contributed by atoms with Gasteiger partial charge in [0.25, 0.3) is 5.56 Å². The summed E-state index contributed by atoms with van der Waals surface area (Å²) in [5.41, 5.74) is 1.74. The van der Waals surface area contributed by atoms with Crippen LogP contribution in [0.2, 0.25) is 0 Å². The number of piperidine rings is 1. The van der Waals surface area contributed by atoms with Gasteiger partial charge in [-0.25, -0.2) is 14.4 Å². The maximum atomic E-state index is 12.9. The SMILES string of the molecule is Cn1cnc2ncn(Cc3ncno3)c(=O)c21.Fc1cccc(N2C[C@H]3C[C@H]3C2)c1. The number of benzene rings is 1. The van der Waals surface area contributed by atoms with Gasteiger partial charge in [-0.2, -0.15) is 4.98 Å². The average molecular weight is 409 g/mol. The number of imidazole rings is 1. The van der Waals surface area contributed by atoms with Gasteiger partial charge in [0.05, 0.1) is 6.33 Å². The normalized spacial score (nSPS) is 19.5. The fraction of sp³-hybridized carbons (Fsp3) is 0.350. The summed E-state index contributed by atoms with van der Waals surface area (Å²) in [6.07, 6.45) is 5.65. The van der Waals surface area contributed by atoms with E-state index in [1.807, 2.05) is 6.07 Å². The fourth-order valence-corrected chi connectivity index (χ4v) is 3.88. The van der Waals surface area contributed by atoms with Crippen LogP contribution in [0, 0.1) is 17.7 Å². The Labute approximate surface area is 170 Å². The van der Waals surface area contributed by atoms with Crippen LogP contribution < -0.4 is 10.5 Å². The van der Waals surface area contributed by atoms with Crippen molar-refractivity contribution in [2.24, 2.45) is 18.9 Å². The Morgan fingerprint density at radius 2 is 1.97 bits per heavy atom. The predicted octanol–water partition coefficient (Wildman–Crippen LogP) is 1.84. The van der Waals surface area contributed by atoms with Gasteiger partial charge in [0.15, 0.2) is 17.5 Å². The van der Waals surface area contributed by atoms with Crippen molar-refractivity contribution < 1.29 is 8.91 Å². The van der Waals surface area contributed by atoms with Crippen LogP contribution in [0.1, 0.15) is 12.3 Å². The molecular formula is C20H20FN7O2. The summed E-state index contributed by atoms with van der Waals surface area (Å²) in [6, 6.07) is 6.91. The molecule has 0 spiro atoms. The summed E-state index contributed by atoms with van der Waals surface area (Å²) in [7, 11) is 1.75. The summed E-state index contributed by atoms with van der Waals surface area (Å²) in [5, 5.41) is 3.48. The average Bonchev–Trinajstić information content (AvgIpc) is 3.14. The lowest BCUT2D eigenvalue weighted by Gasteiger charge is -2.19. The summed E-state index contributed by atoms with van der Waals surface area (Å²) in [5.74, 6) is 2.04. The number of fused-ring (bicyclic) bond motifs is 2. The van der Waals surface area contributed by atoms with Crippen LogP contribution in [0.25, 0.3) is 11.2 Å².